The fourth-order valence-electron chi connectivity index (χ4n) is 0.157. The van der Waals surface area contributed by atoms with Crippen molar-refractivity contribution in [3.63, 3.8) is 0 Å². The van der Waals surface area contributed by atoms with Crippen LogP contribution in [0.4, 0.5) is 0 Å². The maximum Gasteiger partial charge on any atom is 0.224 e. The summed E-state index contributed by atoms with van der Waals surface area (Å²) in [5, 5.41) is 7.86. The van der Waals surface area contributed by atoms with Gasteiger partial charge in [-0.3, -0.25) is 0 Å². The predicted octanol–water partition coefficient (Wildman–Crippen LogP) is -0.941. The van der Waals surface area contributed by atoms with Crippen molar-refractivity contribution in [1.29, 1.82) is 5.26 Å². The van der Waals surface area contributed by atoms with E-state index in [1.165, 1.54) is 13.1 Å². The van der Waals surface area contributed by atoms with E-state index < -0.39 is 15.8 Å². The molecule has 1 N–H and O–H groups in total. The molecule has 0 radical (unpaired) electrons. The molecular formula is C3H6N2O2S. The molecule has 0 amide bonds. The summed E-state index contributed by atoms with van der Waals surface area (Å²) in [7, 11) is -2.01. The normalized spacial score (nSPS) is 10.5. The fraction of sp³-hybridized carbons (Fsp3) is 0.667. The Morgan fingerprint density at radius 1 is 1.75 bits per heavy atom. The largest absolute Gasteiger partial charge is 0.224 e. The minimum Gasteiger partial charge on any atom is -0.217 e. The molecule has 0 bridgehead atoms. The van der Waals surface area contributed by atoms with Gasteiger partial charge < -0.3 is 0 Å². The van der Waals surface area contributed by atoms with Gasteiger partial charge in [-0.05, 0) is 7.05 Å². The van der Waals surface area contributed by atoms with Gasteiger partial charge >= 0.3 is 0 Å². The Morgan fingerprint density at radius 2 is 2.25 bits per heavy atom. The van der Waals surface area contributed by atoms with Gasteiger partial charge in [-0.2, -0.15) is 5.26 Å². The van der Waals surface area contributed by atoms with E-state index >= 15 is 0 Å². The number of nitriles is 1. The Hall–Kier alpha value is -0.600. The van der Waals surface area contributed by atoms with Crippen molar-refractivity contribution in [2.45, 2.75) is 0 Å². The van der Waals surface area contributed by atoms with E-state index in [1.807, 2.05) is 4.72 Å². The lowest BCUT2D eigenvalue weighted by atomic mass is 10.9. The van der Waals surface area contributed by atoms with E-state index in [0.717, 1.165) is 0 Å². The summed E-state index contributed by atoms with van der Waals surface area (Å²) in [6.45, 7) is 0. The maximum atomic E-state index is 10.3. The van der Waals surface area contributed by atoms with Crippen LogP contribution in [0.1, 0.15) is 0 Å². The number of nitrogens with one attached hydrogen (secondary N) is 1. The molecule has 0 spiro atoms. The molecule has 0 unspecified atom stereocenters. The van der Waals surface area contributed by atoms with Crippen molar-refractivity contribution >= 4 is 10.0 Å². The van der Waals surface area contributed by atoms with Gasteiger partial charge in [0.1, 0.15) is 0 Å². The summed E-state index contributed by atoms with van der Waals surface area (Å²) in [6, 6.07) is 1.51. The van der Waals surface area contributed by atoms with Gasteiger partial charge in [-0.15, -0.1) is 0 Å². The van der Waals surface area contributed by atoms with Gasteiger partial charge in [-0.25, -0.2) is 13.1 Å². The summed E-state index contributed by atoms with van der Waals surface area (Å²) in [5.41, 5.74) is 0. The first-order chi connectivity index (χ1) is 3.62. The molecule has 46 valence electrons. The van der Waals surface area contributed by atoms with Crippen LogP contribution in [0.15, 0.2) is 0 Å². The average molecular weight is 134 g/mol. The first kappa shape index (κ1) is 7.40. The molecular weight excluding hydrogens is 128 g/mol. The van der Waals surface area contributed by atoms with Crippen LogP contribution in [-0.4, -0.2) is 21.2 Å². The number of hydrogen-bond donors (Lipinski definition) is 1. The van der Waals surface area contributed by atoms with Gasteiger partial charge in [0, 0.05) is 0 Å². The maximum absolute atomic E-state index is 10.3. The summed E-state index contributed by atoms with van der Waals surface area (Å²) in [5.74, 6) is -0.469. The molecule has 4 nitrogen and oxygen atoms in total. The van der Waals surface area contributed by atoms with Gasteiger partial charge in [0.15, 0.2) is 5.75 Å². The van der Waals surface area contributed by atoms with Crippen LogP contribution in [0.5, 0.6) is 0 Å². The highest BCUT2D eigenvalue weighted by atomic mass is 32.2. The number of hydrogen-bond acceptors (Lipinski definition) is 3. The van der Waals surface area contributed by atoms with Gasteiger partial charge in [0.2, 0.25) is 10.0 Å². The predicted molar refractivity (Wildman–Crippen MR) is 28.5 cm³/mol. The SMILES string of the molecule is CNS(=O)(=O)CC#N. The number of sulfonamides is 1. The highest BCUT2D eigenvalue weighted by Crippen LogP contribution is 1.75. The first-order valence-corrected chi connectivity index (χ1v) is 3.56. The molecule has 5 heteroatoms. The summed E-state index contributed by atoms with van der Waals surface area (Å²) in [6.07, 6.45) is 0. The van der Waals surface area contributed by atoms with Crippen molar-refractivity contribution in [2.75, 3.05) is 12.8 Å². The summed E-state index contributed by atoms with van der Waals surface area (Å²) in [4.78, 5) is 0. The van der Waals surface area contributed by atoms with E-state index in [2.05, 4.69) is 0 Å². The molecule has 0 rings (SSSR count). The van der Waals surface area contributed by atoms with Crippen molar-refractivity contribution in [1.82, 2.24) is 4.72 Å². The lowest BCUT2D eigenvalue weighted by Crippen LogP contribution is -2.20. The van der Waals surface area contributed by atoms with E-state index in [9.17, 15) is 8.42 Å². The zero-order chi connectivity index (χ0) is 6.62. The molecule has 0 aromatic rings. The molecule has 0 aliphatic heterocycles. The average Bonchev–Trinajstić information content (AvgIpc) is 1.67. The highest BCUT2D eigenvalue weighted by molar-refractivity contribution is 7.89. The monoisotopic (exact) mass is 134 g/mol. The van der Waals surface area contributed by atoms with Crippen LogP contribution < -0.4 is 4.72 Å². The smallest absolute Gasteiger partial charge is 0.217 e. The molecule has 0 aliphatic rings. The van der Waals surface area contributed by atoms with Crippen LogP contribution >= 0.6 is 0 Å². The van der Waals surface area contributed by atoms with E-state index in [0.29, 0.717) is 0 Å². The second kappa shape index (κ2) is 2.64. The van der Waals surface area contributed by atoms with Gasteiger partial charge in [-0.1, -0.05) is 0 Å². The lowest BCUT2D eigenvalue weighted by Gasteiger charge is -1.90. The first-order valence-electron chi connectivity index (χ1n) is 1.90. The van der Waals surface area contributed by atoms with Crippen LogP contribution in [0.25, 0.3) is 0 Å². The Morgan fingerprint density at radius 3 is 2.38 bits per heavy atom. The number of rotatable bonds is 2. The van der Waals surface area contributed by atoms with Crippen LogP contribution in [-0.2, 0) is 10.0 Å². The zero-order valence-electron chi connectivity index (χ0n) is 4.38. The molecule has 0 heterocycles. The standard InChI is InChI=1S/C3H6N2O2S/c1-5-8(6,7)3-2-4/h5H,3H2,1H3. The molecule has 8 heavy (non-hydrogen) atoms. The third kappa shape index (κ3) is 2.55. The van der Waals surface area contributed by atoms with Gasteiger partial charge in [0.25, 0.3) is 0 Å². The van der Waals surface area contributed by atoms with Crippen molar-refractivity contribution < 1.29 is 8.42 Å². The van der Waals surface area contributed by atoms with Crippen LogP contribution in [0.2, 0.25) is 0 Å². The number of nitrogens with zero attached hydrogens (tertiary/aromatic N) is 1. The van der Waals surface area contributed by atoms with Gasteiger partial charge in [0.05, 0.1) is 6.07 Å². The molecule has 0 fully saturated rings. The summed E-state index contributed by atoms with van der Waals surface area (Å²) >= 11 is 0. The second-order valence-corrected chi connectivity index (χ2v) is 3.05. The Kier molecular flexibility index (Phi) is 2.45. The van der Waals surface area contributed by atoms with E-state index in [4.69, 9.17) is 5.26 Å². The van der Waals surface area contributed by atoms with Crippen LogP contribution in [0, 0.1) is 11.3 Å². The van der Waals surface area contributed by atoms with Crippen molar-refractivity contribution in [3.8, 4) is 6.07 Å². The molecule has 0 saturated heterocycles. The Bertz CT molecular complexity index is 188. The second-order valence-electron chi connectivity index (χ2n) is 1.12. The Labute approximate surface area is 48.2 Å². The third-order valence-corrected chi connectivity index (χ3v) is 1.70. The molecule has 0 aromatic heterocycles. The van der Waals surface area contributed by atoms with Crippen molar-refractivity contribution in [2.24, 2.45) is 0 Å². The lowest BCUT2D eigenvalue weighted by molar-refractivity contribution is 0.591. The Balaban J connectivity index is 4.01. The molecule has 0 aromatic carbocycles. The molecule has 0 saturated carbocycles. The van der Waals surface area contributed by atoms with Crippen molar-refractivity contribution in [3.05, 3.63) is 0 Å². The molecule has 0 aliphatic carbocycles. The van der Waals surface area contributed by atoms with Crippen LogP contribution in [0.3, 0.4) is 0 Å². The third-order valence-electron chi connectivity index (χ3n) is 0.566. The quantitative estimate of drug-likeness (QED) is 0.529. The fourth-order valence-corrected chi connectivity index (χ4v) is 0.471. The zero-order valence-corrected chi connectivity index (χ0v) is 5.20. The molecule has 0 atom stereocenters. The topological polar surface area (TPSA) is 70.0 Å². The van der Waals surface area contributed by atoms with E-state index in [-0.39, 0.29) is 0 Å². The van der Waals surface area contributed by atoms with E-state index in [1.54, 1.807) is 0 Å². The highest BCUT2D eigenvalue weighted by Gasteiger charge is 2.02. The minimum absolute atomic E-state index is 0.469. The summed E-state index contributed by atoms with van der Waals surface area (Å²) < 4.78 is 22.5. The minimum atomic E-state index is -3.28.